The number of rotatable bonds is 7. The van der Waals surface area contributed by atoms with Gasteiger partial charge in [-0.25, -0.2) is 0 Å². The summed E-state index contributed by atoms with van der Waals surface area (Å²) in [6.07, 6.45) is 0. The summed E-state index contributed by atoms with van der Waals surface area (Å²) < 4.78 is 5.12. The molecule has 0 saturated carbocycles. The Balaban J connectivity index is 2.57. The van der Waals surface area contributed by atoms with Gasteiger partial charge in [-0.3, -0.25) is 4.79 Å². The molecule has 0 bridgehead atoms. The molecule has 0 radical (unpaired) electrons. The standard InChI is InChI=1S/C15H24N2O2/c1-5-17(15(18)10-16-12(2)3)11-13-6-8-14(19-4)9-7-13/h6-9,12,16H,5,10-11H2,1-4H3. The van der Waals surface area contributed by atoms with Gasteiger partial charge in [0.2, 0.25) is 5.91 Å². The molecule has 0 saturated heterocycles. The van der Waals surface area contributed by atoms with Crippen molar-refractivity contribution in [2.45, 2.75) is 33.4 Å². The Morgan fingerprint density at radius 3 is 2.42 bits per heavy atom. The summed E-state index contributed by atoms with van der Waals surface area (Å²) in [5.41, 5.74) is 1.11. The Morgan fingerprint density at radius 1 is 1.32 bits per heavy atom. The molecule has 0 aliphatic carbocycles. The van der Waals surface area contributed by atoms with E-state index in [9.17, 15) is 4.79 Å². The highest BCUT2D eigenvalue weighted by atomic mass is 16.5. The second kappa shape index (κ2) is 7.79. The number of carbonyl (C=O) groups is 1. The molecule has 0 aromatic heterocycles. The molecular weight excluding hydrogens is 240 g/mol. The largest absolute Gasteiger partial charge is 0.497 e. The number of benzene rings is 1. The monoisotopic (exact) mass is 264 g/mol. The normalized spacial score (nSPS) is 10.6. The zero-order valence-electron chi connectivity index (χ0n) is 12.3. The van der Waals surface area contributed by atoms with Crippen molar-refractivity contribution in [1.29, 1.82) is 0 Å². The molecule has 4 heteroatoms. The maximum absolute atomic E-state index is 12.0. The number of nitrogens with zero attached hydrogens (tertiary/aromatic N) is 1. The molecule has 1 aromatic rings. The van der Waals surface area contributed by atoms with E-state index in [1.165, 1.54) is 0 Å². The Kier molecular flexibility index (Phi) is 6.36. The first-order valence-corrected chi connectivity index (χ1v) is 6.71. The average Bonchev–Trinajstić information content (AvgIpc) is 2.42. The van der Waals surface area contributed by atoms with E-state index in [4.69, 9.17) is 4.74 Å². The minimum absolute atomic E-state index is 0.131. The van der Waals surface area contributed by atoms with Gasteiger partial charge in [0.15, 0.2) is 0 Å². The van der Waals surface area contributed by atoms with Crippen molar-refractivity contribution >= 4 is 5.91 Å². The summed E-state index contributed by atoms with van der Waals surface area (Å²) >= 11 is 0. The molecule has 0 spiro atoms. The lowest BCUT2D eigenvalue weighted by atomic mass is 10.2. The summed E-state index contributed by atoms with van der Waals surface area (Å²) in [4.78, 5) is 13.9. The number of likely N-dealkylation sites (N-methyl/N-ethyl adjacent to an activating group) is 1. The molecule has 4 nitrogen and oxygen atoms in total. The fourth-order valence-electron chi connectivity index (χ4n) is 1.73. The van der Waals surface area contributed by atoms with E-state index < -0.39 is 0 Å². The summed E-state index contributed by atoms with van der Waals surface area (Å²) in [5.74, 6) is 0.964. The fourth-order valence-corrected chi connectivity index (χ4v) is 1.73. The van der Waals surface area contributed by atoms with Crippen molar-refractivity contribution < 1.29 is 9.53 Å². The second-order valence-corrected chi connectivity index (χ2v) is 4.79. The van der Waals surface area contributed by atoms with Gasteiger partial charge >= 0.3 is 0 Å². The smallest absolute Gasteiger partial charge is 0.236 e. The van der Waals surface area contributed by atoms with Crippen molar-refractivity contribution in [3.8, 4) is 5.75 Å². The van der Waals surface area contributed by atoms with Gasteiger partial charge in [0.25, 0.3) is 0 Å². The van der Waals surface area contributed by atoms with Gasteiger partial charge in [0.1, 0.15) is 5.75 Å². The van der Waals surface area contributed by atoms with Crippen molar-refractivity contribution in [2.24, 2.45) is 0 Å². The molecule has 1 rings (SSSR count). The highest BCUT2D eigenvalue weighted by Gasteiger charge is 2.12. The number of ether oxygens (including phenoxy) is 1. The Morgan fingerprint density at radius 2 is 1.95 bits per heavy atom. The van der Waals surface area contributed by atoms with Crippen LogP contribution in [0.15, 0.2) is 24.3 Å². The molecule has 0 atom stereocenters. The molecule has 106 valence electrons. The molecule has 1 amide bonds. The Bertz CT molecular complexity index is 388. The average molecular weight is 264 g/mol. The van der Waals surface area contributed by atoms with Crippen LogP contribution in [0.25, 0.3) is 0 Å². The van der Waals surface area contributed by atoms with Crippen LogP contribution in [-0.4, -0.2) is 37.0 Å². The predicted molar refractivity (Wildman–Crippen MR) is 77.2 cm³/mol. The van der Waals surface area contributed by atoms with Gasteiger partial charge in [0, 0.05) is 19.1 Å². The number of hydrogen-bond acceptors (Lipinski definition) is 3. The van der Waals surface area contributed by atoms with Crippen LogP contribution in [0, 0.1) is 0 Å². The first-order valence-electron chi connectivity index (χ1n) is 6.71. The van der Waals surface area contributed by atoms with Gasteiger partial charge in [-0.15, -0.1) is 0 Å². The van der Waals surface area contributed by atoms with E-state index in [1.807, 2.05) is 49.9 Å². The predicted octanol–water partition coefficient (Wildman–Crippen LogP) is 2.04. The van der Waals surface area contributed by atoms with Gasteiger partial charge in [-0.2, -0.15) is 0 Å². The van der Waals surface area contributed by atoms with Crippen molar-refractivity contribution in [1.82, 2.24) is 10.2 Å². The minimum atomic E-state index is 0.131. The van der Waals surface area contributed by atoms with Gasteiger partial charge in [0.05, 0.1) is 13.7 Å². The Labute approximate surface area is 115 Å². The zero-order chi connectivity index (χ0) is 14.3. The van der Waals surface area contributed by atoms with E-state index in [0.717, 1.165) is 11.3 Å². The Hall–Kier alpha value is -1.55. The van der Waals surface area contributed by atoms with Gasteiger partial charge in [-0.05, 0) is 24.6 Å². The quantitative estimate of drug-likeness (QED) is 0.819. The molecule has 0 aliphatic rings. The molecular formula is C15H24N2O2. The highest BCUT2D eigenvalue weighted by Crippen LogP contribution is 2.13. The van der Waals surface area contributed by atoms with Crippen molar-refractivity contribution in [2.75, 3.05) is 20.2 Å². The summed E-state index contributed by atoms with van der Waals surface area (Å²) in [7, 11) is 1.65. The molecule has 0 aliphatic heterocycles. The summed E-state index contributed by atoms with van der Waals surface area (Å²) in [6.45, 7) is 7.81. The van der Waals surface area contributed by atoms with E-state index in [2.05, 4.69) is 5.32 Å². The fraction of sp³-hybridized carbons (Fsp3) is 0.533. The van der Waals surface area contributed by atoms with Crippen molar-refractivity contribution in [3.05, 3.63) is 29.8 Å². The molecule has 1 N–H and O–H groups in total. The first kappa shape index (κ1) is 15.5. The van der Waals surface area contributed by atoms with Crippen LogP contribution in [0.5, 0.6) is 5.75 Å². The van der Waals surface area contributed by atoms with Gasteiger partial charge < -0.3 is 15.0 Å². The van der Waals surface area contributed by atoms with E-state index in [-0.39, 0.29) is 5.91 Å². The molecule has 19 heavy (non-hydrogen) atoms. The summed E-state index contributed by atoms with van der Waals surface area (Å²) in [5, 5.41) is 3.15. The van der Waals surface area contributed by atoms with E-state index in [1.54, 1.807) is 7.11 Å². The third-order valence-electron chi connectivity index (χ3n) is 2.93. The van der Waals surface area contributed by atoms with E-state index >= 15 is 0 Å². The van der Waals surface area contributed by atoms with Crippen LogP contribution in [0.1, 0.15) is 26.3 Å². The SMILES string of the molecule is CCN(Cc1ccc(OC)cc1)C(=O)CNC(C)C. The minimum Gasteiger partial charge on any atom is -0.497 e. The first-order chi connectivity index (χ1) is 9.06. The van der Waals surface area contributed by atoms with Crippen LogP contribution in [0.4, 0.5) is 0 Å². The van der Waals surface area contributed by atoms with Crippen LogP contribution in [-0.2, 0) is 11.3 Å². The zero-order valence-corrected chi connectivity index (χ0v) is 12.3. The maximum atomic E-state index is 12.0. The lowest BCUT2D eigenvalue weighted by Gasteiger charge is -2.22. The number of carbonyl (C=O) groups excluding carboxylic acids is 1. The lowest BCUT2D eigenvalue weighted by molar-refractivity contribution is -0.130. The van der Waals surface area contributed by atoms with Crippen LogP contribution >= 0.6 is 0 Å². The van der Waals surface area contributed by atoms with Crippen molar-refractivity contribution in [3.63, 3.8) is 0 Å². The molecule has 0 unspecified atom stereocenters. The topological polar surface area (TPSA) is 41.6 Å². The maximum Gasteiger partial charge on any atom is 0.236 e. The number of hydrogen-bond donors (Lipinski definition) is 1. The number of nitrogens with one attached hydrogen (secondary N) is 1. The second-order valence-electron chi connectivity index (χ2n) is 4.79. The number of methoxy groups -OCH3 is 1. The molecule has 0 fully saturated rings. The molecule has 1 aromatic carbocycles. The van der Waals surface area contributed by atoms with E-state index in [0.29, 0.717) is 25.7 Å². The number of amides is 1. The third kappa shape index (κ3) is 5.30. The summed E-state index contributed by atoms with van der Waals surface area (Å²) in [6, 6.07) is 8.14. The van der Waals surface area contributed by atoms with Crippen LogP contribution in [0.3, 0.4) is 0 Å². The van der Waals surface area contributed by atoms with Gasteiger partial charge in [-0.1, -0.05) is 26.0 Å². The van der Waals surface area contributed by atoms with Crippen LogP contribution in [0.2, 0.25) is 0 Å². The van der Waals surface area contributed by atoms with Crippen LogP contribution < -0.4 is 10.1 Å². The third-order valence-corrected chi connectivity index (χ3v) is 2.93. The lowest BCUT2D eigenvalue weighted by Crippen LogP contribution is -2.39. The highest BCUT2D eigenvalue weighted by molar-refractivity contribution is 5.78. The molecule has 0 heterocycles.